The first kappa shape index (κ1) is 25.4. The van der Waals surface area contributed by atoms with Crippen LogP contribution in [0.15, 0.2) is 16.3 Å². The van der Waals surface area contributed by atoms with Gasteiger partial charge in [-0.1, -0.05) is 24.5 Å². The summed E-state index contributed by atoms with van der Waals surface area (Å²) in [4.78, 5) is 29.1. The number of esters is 1. The number of ketones is 1. The fraction of sp³-hybridized carbons (Fsp3) is 0.857. The average Bonchev–Trinajstić information content (AvgIpc) is 3.49. The number of azide groups is 1. The van der Waals surface area contributed by atoms with E-state index in [2.05, 4.69) is 23.9 Å². The minimum atomic E-state index is -0.956. The molecule has 2 N–H and O–H groups in total. The van der Waals surface area contributed by atoms with Crippen molar-refractivity contribution in [3.05, 3.63) is 21.6 Å². The molecule has 6 rings (SSSR count). The summed E-state index contributed by atoms with van der Waals surface area (Å²) >= 11 is 0. The maximum atomic E-state index is 13.7. The number of aliphatic hydroxyl groups is 2. The van der Waals surface area contributed by atoms with Crippen LogP contribution < -0.4 is 0 Å². The largest absolute Gasteiger partial charge is 0.458 e. The van der Waals surface area contributed by atoms with Crippen molar-refractivity contribution < 1.29 is 29.3 Å². The Morgan fingerprint density at radius 2 is 1.95 bits per heavy atom. The number of fused-ring (bicyclic) bond motifs is 4. The molecule has 202 valence electrons. The molecule has 1 spiro atoms. The first-order valence-electron chi connectivity index (χ1n) is 14.0. The summed E-state index contributed by atoms with van der Waals surface area (Å²) < 4.78 is 12.1. The highest BCUT2D eigenvalue weighted by atomic mass is 16.6. The van der Waals surface area contributed by atoms with Gasteiger partial charge in [-0.3, -0.25) is 4.79 Å². The Labute approximate surface area is 217 Å². The third kappa shape index (κ3) is 3.11. The van der Waals surface area contributed by atoms with E-state index in [9.17, 15) is 19.8 Å². The lowest BCUT2D eigenvalue weighted by atomic mass is 9.43. The van der Waals surface area contributed by atoms with Gasteiger partial charge in [-0.15, -0.1) is 0 Å². The summed E-state index contributed by atoms with van der Waals surface area (Å²) in [7, 11) is 0. The van der Waals surface area contributed by atoms with Crippen molar-refractivity contribution in [2.75, 3.05) is 6.61 Å². The number of nitrogens with zero attached hydrogens (tertiary/aromatic N) is 3. The fourth-order valence-corrected chi connectivity index (χ4v) is 10.2. The topological polar surface area (TPSA) is 145 Å². The third-order valence-electron chi connectivity index (χ3n) is 12.2. The maximum Gasteiger partial charge on any atom is 0.336 e. The average molecular weight is 514 g/mol. The number of aliphatic hydroxyl groups excluding tert-OH is 2. The molecule has 2 heterocycles. The number of hydrogen-bond donors (Lipinski definition) is 2. The van der Waals surface area contributed by atoms with E-state index in [0.29, 0.717) is 29.7 Å². The number of carbonyl (C=O) groups is 2. The van der Waals surface area contributed by atoms with Gasteiger partial charge in [0.25, 0.3) is 0 Å². The Bertz CT molecular complexity index is 1120. The SMILES string of the molecule is CC1=C(CO)C(=O)O[C@@H]([C@@H](C)[C@H]2CC[C@H]3[C@@H]4C[C@H]5O[C@]56[C@@H](O)C(N=[N+]=[N-])CC(=O)[C@]6(C)[C@H]4CC[C@]23C)C1. The summed E-state index contributed by atoms with van der Waals surface area (Å²) in [6.07, 6.45) is 4.28. The third-order valence-corrected chi connectivity index (χ3v) is 12.2. The summed E-state index contributed by atoms with van der Waals surface area (Å²) in [5.74, 6) is 1.20. The second-order valence-electron chi connectivity index (χ2n) is 13.2. The maximum absolute atomic E-state index is 13.7. The van der Waals surface area contributed by atoms with Crippen LogP contribution in [0.3, 0.4) is 0 Å². The number of Topliss-reactive ketones (excluding diaryl/α,β-unsaturated/α-hetero) is 1. The van der Waals surface area contributed by atoms with Crippen molar-refractivity contribution in [1.82, 2.24) is 0 Å². The van der Waals surface area contributed by atoms with Gasteiger partial charge >= 0.3 is 5.97 Å². The minimum absolute atomic E-state index is 0.0648. The summed E-state index contributed by atoms with van der Waals surface area (Å²) in [6.45, 7) is 8.27. The van der Waals surface area contributed by atoms with E-state index < -0.39 is 23.2 Å². The first-order valence-corrected chi connectivity index (χ1v) is 14.0. The number of ether oxygens (including phenoxy) is 2. The molecule has 0 aromatic rings. The molecule has 37 heavy (non-hydrogen) atoms. The molecular formula is C28H39N3O6. The van der Waals surface area contributed by atoms with Crippen LogP contribution in [0.1, 0.15) is 72.6 Å². The van der Waals surface area contributed by atoms with Crippen molar-refractivity contribution in [3.8, 4) is 0 Å². The van der Waals surface area contributed by atoms with Gasteiger partial charge in [0.05, 0.1) is 35.8 Å². The Kier molecular flexibility index (Phi) is 5.68. The molecule has 9 heteroatoms. The smallest absolute Gasteiger partial charge is 0.336 e. The normalized spacial score (nSPS) is 51.2. The van der Waals surface area contributed by atoms with Crippen molar-refractivity contribution in [3.63, 3.8) is 0 Å². The van der Waals surface area contributed by atoms with Gasteiger partial charge in [0, 0.05) is 17.8 Å². The molecule has 6 aliphatic rings. The standard InChI is InChI=1S/C28H39N3O6/c1-13-9-21(36-25(35)16(13)12-32)14(2)17-5-6-18-15-10-23-28(37-23)24(34)20(30-31-29)11-22(33)27(28,4)19(15)7-8-26(17,18)3/h14-15,17-21,23-24,32,34H,5-12H2,1-4H3/t14-,15-,17+,18-,19-,20?,21+,23+,24-,26+,27-,28-/m0/s1. The van der Waals surface area contributed by atoms with Crippen molar-refractivity contribution >= 4 is 11.8 Å². The lowest BCUT2D eigenvalue weighted by Gasteiger charge is -2.59. The zero-order valence-electron chi connectivity index (χ0n) is 22.2. The van der Waals surface area contributed by atoms with Crippen LogP contribution in [0.25, 0.3) is 10.4 Å². The van der Waals surface area contributed by atoms with Gasteiger partial charge < -0.3 is 19.7 Å². The van der Waals surface area contributed by atoms with E-state index in [1.807, 2.05) is 13.8 Å². The van der Waals surface area contributed by atoms with E-state index in [0.717, 1.165) is 37.7 Å². The van der Waals surface area contributed by atoms with Crippen LogP contribution >= 0.6 is 0 Å². The van der Waals surface area contributed by atoms with Gasteiger partial charge in [0.15, 0.2) is 0 Å². The quantitative estimate of drug-likeness (QED) is 0.192. The van der Waals surface area contributed by atoms with Crippen LogP contribution in [0.5, 0.6) is 0 Å². The second kappa shape index (κ2) is 8.28. The molecule has 0 aromatic carbocycles. The lowest BCUT2D eigenvalue weighted by Crippen LogP contribution is -2.67. The van der Waals surface area contributed by atoms with Gasteiger partial charge in [0.2, 0.25) is 0 Å². The van der Waals surface area contributed by atoms with Crippen LogP contribution in [0.2, 0.25) is 0 Å². The molecule has 0 bridgehead atoms. The van der Waals surface area contributed by atoms with Crippen LogP contribution in [0.4, 0.5) is 0 Å². The zero-order valence-corrected chi connectivity index (χ0v) is 22.2. The summed E-state index contributed by atoms with van der Waals surface area (Å²) in [5, 5.41) is 24.5. The predicted octanol–water partition coefficient (Wildman–Crippen LogP) is 3.87. The highest BCUT2D eigenvalue weighted by molar-refractivity contribution is 5.90. The Morgan fingerprint density at radius 3 is 2.62 bits per heavy atom. The predicted molar refractivity (Wildman–Crippen MR) is 133 cm³/mol. The summed E-state index contributed by atoms with van der Waals surface area (Å²) in [6, 6.07) is -0.764. The van der Waals surface area contributed by atoms with E-state index in [1.165, 1.54) is 0 Å². The fourth-order valence-electron chi connectivity index (χ4n) is 10.2. The molecule has 0 amide bonds. The highest BCUT2D eigenvalue weighted by Crippen LogP contribution is 2.73. The van der Waals surface area contributed by atoms with Crippen LogP contribution in [0, 0.1) is 40.4 Å². The molecule has 12 atom stereocenters. The lowest BCUT2D eigenvalue weighted by molar-refractivity contribution is -0.168. The summed E-state index contributed by atoms with van der Waals surface area (Å²) in [5.41, 5.74) is 8.68. The van der Waals surface area contributed by atoms with Crippen molar-refractivity contribution in [1.29, 1.82) is 0 Å². The Balaban J connectivity index is 1.26. The monoisotopic (exact) mass is 513 g/mol. The minimum Gasteiger partial charge on any atom is -0.458 e. The molecule has 1 saturated heterocycles. The first-order chi connectivity index (χ1) is 17.5. The molecule has 2 aliphatic heterocycles. The molecule has 0 aromatic heterocycles. The number of rotatable bonds is 4. The zero-order chi connectivity index (χ0) is 26.5. The second-order valence-corrected chi connectivity index (χ2v) is 13.2. The number of cyclic esters (lactones) is 1. The van der Waals surface area contributed by atoms with Crippen molar-refractivity contribution in [2.45, 2.75) is 103 Å². The van der Waals surface area contributed by atoms with E-state index >= 15 is 0 Å². The van der Waals surface area contributed by atoms with Gasteiger partial charge in [-0.05, 0) is 86.5 Å². The highest BCUT2D eigenvalue weighted by Gasteiger charge is 2.82. The van der Waals surface area contributed by atoms with Gasteiger partial charge in [0.1, 0.15) is 17.5 Å². The van der Waals surface area contributed by atoms with E-state index in [4.69, 9.17) is 15.0 Å². The number of carbonyl (C=O) groups excluding carboxylic acids is 2. The molecule has 4 aliphatic carbocycles. The van der Waals surface area contributed by atoms with E-state index in [-0.39, 0.29) is 54.2 Å². The number of epoxide rings is 1. The molecule has 4 saturated carbocycles. The van der Waals surface area contributed by atoms with Crippen molar-refractivity contribution in [2.24, 2.45) is 45.5 Å². The molecule has 0 radical (unpaired) electrons. The molecule has 9 nitrogen and oxygen atoms in total. The van der Waals surface area contributed by atoms with Crippen LogP contribution in [-0.2, 0) is 19.1 Å². The Morgan fingerprint density at radius 1 is 1.19 bits per heavy atom. The molecule has 5 fully saturated rings. The molecular weight excluding hydrogens is 474 g/mol. The van der Waals surface area contributed by atoms with E-state index in [1.54, 1.807) is 0 Å². The van der Waals surface area contributed by atoms with Gasteiger partial charge in [-0.25, -0.2) is 4.79 Å². The number of hydrogen-bond acceptors (Lipinski definition) is 7. The molecule has 1 unspecified atom stereocenters. The Hall–Kier alpha value is -1.93. The van der Waals surface area contributed by atoms with Gasteiger partial charge in [-0.2, -0.15) is 0 Å². The van der Waals surface area contributed by atoms with Crippen LogP contribution in [-0.4, -0.2) is 58.5 Å².